The molecule has 3 rings (SSSR count). The molecule has 7 heteroatoms. The van der Waals surface area contributed by atoms with Crippen molar-refractivity contribution in [3.05, 3.63) is 59.0 Å². The lowest BCUT2D eigenvalue weighted by Gasteiger charge is -2.20. The van der Waals surface area contributed by atoms with E-state index in [2.05, 4.69) is 5.32 Å². The molecule has 1 amide bonds. The van der Waals surface area contributed by atoms with Crippen molar-refractivity contribution in [1.82, 2.24) is 5.32 Å². The monoisotopic (exact) mass is 387 g/mol. The van der Waals surface area contributed by atoms with E-state index in [9.17, 15) is 14.7 Å². The summed E-state index contributed by atoms with van der Waals surface area (Å²) in [5, 5.41) is 22.2. The number of aliphatic hydroxyl groups is 1. The van der Waals surface area contributed by atoms with Gasteiger partial charge in [0.25, 0.3) is 0 Å². The van der Waals surface area contributed by atoms with E-state index in [1.54, 1.807) is 6.07 Å². The van der Waals surface area contributed by atoms with Crippen LogP contribution in [0.1, 0.15) is 66.3 Å². The molecule has 1 aromatic carbocycles. The third-order valence-corrected chi connectivity index (χ3v) is 4.86. The zero-order valence-electron chi connectivity index (χ0n) is 15.9. The van der Waals surface area contributed by atoms with Gasteiger partial charge in [-0.15, -0.1) is 0 Å². The molecular formula is C21H25NO6. The number of carbonyl (C=O) groups excluding carboxylic acids is 1. The van der Waals surface area contributed by atoms with Gasteiger partial charge < -0.3 is 24.7 Å². The molecule has 0 aliphatic carbocycles. The quantitative estimate of drug-likeness (QED) is 0.642. The number of rotatable bonds is 8. The summed E-state index contributed by atoms with van der Waals surface area (Å²) in [5.41, 5.74) is 1.57. The number of aromatic carboxylic acids is 1. The molecule has 0 spiro atoms. The summed E-state index contributed by atoms with van der Waals surface area (Å²) in [6, 6.07) is 10.2. The van der Waals surface area contributed by atoms with Gasteiger partial charge in [0.1, 0.15) is 11.9 Å². The van der Waals surface area contributed by atoms with Crippen molar-refractivity contribution in [1.29, 1.82) is 0 Å². The predicted molar refractivity (Wildman–Crippen MR) is 101 cm³/mol. The molecule has 0 bridgehead atoms. The Labute approximate surface area is 163 Å². The fraction of sp³-hybridized carbons (Fsp3) is 0.429. The van der Waals surface area contributed by atoms with Gasteiger partial charge in [-0.25, -0.2) is 4.79 Å². The van der Waals surface area contributed by atoms with E-state index in [4.69, 9.17) is 14.3 Å². The highest BCUT2D eigenvalue weighted by molar-refractivity contribution is 5.84. The van der Waals surface area contributed by atoms with Crippen LogP contribution in [-0.2, 0) is 9.53 Å². The summed E-state index contributed by atoms with van der Waals surface area (Å²) in [6.45, 7) is 4.17. The van der Waals surface area contributed by atoms with E-state index >= 15 is 0 Å². The maximum atomic E-state index is 11.4. The molecule has 1 aromatic heterocycles. The lowest BCUT2D eigenvalue weighted by atomic mass is 9.97. The lowest BCUT2D eigenvalue weighted by molar-refractivity contribution is -0.119. The van der Waals surface area contributed by atoms with E-state index in [1.165, 1.54) is 6.07 Å². The number of nitrogens with one attached hydrogen (secondary N) is 1. The zero-order valence-corrected chi connectivity index (χ0v) is 15.9. The number of ether oxygens (including phenoxy) is 1. The van der Waals surface area contributed by atoms with Crippen molar-refractivity contribution in [2.45, 2.75) is 44.9 Å². The second-order valence-electron chi connectivity index (χ2n) is 7.38. The van der Waals surface area contributed by atoms with E-state index in [-0.39, 0.29) is 30.2 Å². The van der Waals surface area contributed by atoms with Crippen LogP contribution in [-0.4, -0.2) is 34.7 Å². The molecule has 3 atom stereocenters. The minimum Gasteiger partial charge on any atom is -0.475 e. The van der Waals surface area contributed by atoms with Crippen LogP contribution < -0.4 is 5.32 Å². The van der Waals surface area contributed by atoms with Crippen LogP contribution in [0.2, 0.25) is 0 Å². The Kier molecular flexibility index (Phi) is 6.16. The molecule has 2 aromatic rings. The standard InChI is InChI=1S/C21H25NO6/c1-12(2)19(24)13-3-5-14(6-4-13)20(16-8-9-17(28-16)21(25)26)27-11-15-7-10-18(23)22-15/h3-6,8-9,12,15,19-20,24H,7,10-11H2,1-2H3,(H,22,23)(H,25,26). The number of carboxylic acids is 1. The van der Waals surface area contributed by atoms with Crippen molar-refractivity contribution >= 4 is 11.9 Å². The van der Waals surface area contributed by atoms with Crippen molar-refractivity contribution in [2.24, 2.45) is 5.92 Å². The predicted octanol–water partition coefficient (Wildman–Crippen LogP) is 3.05. The van der Waals surface area contributed by atoms with E-state index in [0.717, 1.165) is 11.1 Å². The van der Waals surface area contributed by atoms with Crippen LogP contribution in [0.25, 0.3) is 0 Å². The van der Waals surface area contributed by atoms with Crippen LogP contribution in [0, 0.1) is 5.92 Å². The number of hydrogen-bond acceptors (Lipinski definition) is 5. The van der Waals surface area contributed by atoms with Gasteiger partial charge >= 0.3 is 5.97 Å². The first-order valence-electron chi connectivity index (χ1n) is 9.37. The highest BCUT2D eigenvalue weighted by Crippen LogP contribution is 2.30. The summed E-state index contributed by atoms with van der Waals surface area (Å²) in [5.74, 6) is -0.845. The zero-order chi connectivity index (χ0) is 20.3. The van der Waals surface area contributed by atoms with Gasteiger partial charge in [-0.1, -0.05) is 38.1 Å². The van der Waals surface area contributed by atoms with Gasteiger partial charge in [-0.2, -0.15) is 0 Å². The lowest BCUT2D eigenvalue weighted by Crippen LogP contribution is -2.30. The van der Waals surface area contributed by atoms with Crippen molar-refractivity contribution in [3.8, 4) is 0 Å². The van der Waals surface area contributed by atoms with Crippen molar-refractivity contribution < 1.29 is 29.0 Å². The third kappa shape index (κ3) is 4.61. The molecule has 1 aliphatic heterocycles. The van der Waals surface area contributed by atoms with Gasteiger partial charge in [0.05, 0.1) is 18.8 Å². The molecule has 2 heterocycles. The first-order valence-corrected chi connectivity index (χ1v) is 9.37. The average molecular weight is 387 g/mol. The Morgan fingerprint density at radius 3 is 2.43 bits per heavy atom. The number of furan rings is 1. The third-order valence-electron chi connectivity index (χ3n) is 4.86. The number of amides is 1. The molecule has 7 nitrogen and oxygen atoms in total. The second-order valence-corrected chi connectivity index (χ2v) is 7.38. The molecule has 1 saturated heterocycles. The maximum absolute atomic E-state index is 11.4. The highest BCUT2D eigenvalue weighted by Gasteiger charge is 2.26. The van der Waals surface area contributed by atoms with Crippen LogP contribution >= 0.6 is 0 Å². The number of carboxylic acid groups (broad SMARTS) is 1. The molecule has 0 saturated carbocycles. The minimum absolute atomic E-state index is 0.00309. The van der Waals surface area contributed by atoms with Crippen LogP contribution in [0.4, 0.5) is 0 Å². The molecule has 3 N–H and O–H groups in total. The minimum atomic E-state index is -1.15. The number of aliphatic hydroxyl groups excluding tert-OH is 1. The van der Waals surface area contributed by atoms with Gasteiger partial charge in [0.2, 0.25) is 11.7 Å². The van der Waals surface area contributed by atoms with Crippen LogP contribution in [0.3, 0.4) is 0 Å². The SMILES string of the molecule is CC(C)C(O)c1ccc(C(OCC2CCC(=O)N2)c2ccc(C(=O)O)o2)cc1. The van der Waals surface area contributed by atoms with Crippen molar-refractivity contribution in [3.63, 3.8) is 0 Å². The molecule has 150 valence electrons. The van der Waals surface area contributed by atoms with Crippen LogP contribution in [0.15, 0.2) is 40.8 Å². The normalized spacial score (nSPS) is 18.9. The average Bonchev–Trinajstić information content (AvgIpc) is 3.31. The largest absolute Gasteiger partial charge is 0.475 e. The second kappa shape index (κ2) is 8.58. The molecular weight excluding hydrogens is 362 g/mol. The fourth-order valence-corrected chi connectivity index (χ4v) is 3.22. The van der Waals surface area contributed by atoms with Gasteiger partial charge in [0.15, 0.2) is 0 Å². The fourth-order valence-electron chi connectivity index (χ4n) is 3.22. The number of benzene rings is 1. The molecule has 3 unspecified atom stereocenters. The Morgan fingerprint density at radius 2 is 1.89 bits per heavy atom. The summed E-state index contributed by atoms with van der Waals surface area (Å²) in [6.07, 6.45) is -0.00578. The molecule has 28 heavy (non-hydrogen) atoms. The first-order chi connectivity index (χ1) is 13.3. The Balaban J connectivity index is 1.82. The maximum Gasteiger partial charge on any atom is 0.371 e. The van der Waals surface area contributed by atoms with E-state index < -0.39 is 18.2 Å². The summed E-state index contributed by atoms with van der Waals surface area (Å²) in [7, 11) is 0. The number of carbonyl (C=O) groups is 2. The summed E-state index contributed by atoms with van der Waals surface area (Å²) >= 11 is 0. The molecule has 0 radical (unpaired) electrons. The highest BCUT2D eigenvalue weighted by atomic mass is 16.5. The van der Waals surface area contributed by atoms with Crippen LogP contribution in [0.5, 0.6) is 0 Å². The Bertz CT molecular complexity index is 826. The first kappa shape index (κ1) is 20.1. The molecule has 1 fully saturated rings. The van der Waals surface area contributed by atoms with E-state index in [0.29, 0.717) is 18.6 Å². The Morgan fingerprint density at radius 1 is 1.21 bits per heavy atom. The van der Waals surface area contributed by atoms with Gasteiger partial charge in [-0.3, -0.25) is 4.79 Å². The topological polar surface area (TPSA) is 109 Å². The Hall–Kier alpha value is -2.64. The molecule has 1 aliphatic rings. The smallest absolute Gasteiger partial charge is 0.371 e. The van der Waals surface area contributed by atoms with E-state index in [1.807, 2.05) is 38.1 Å². The van der Waals surface area contributed by atoms with Gasteiger partial charge in [-0.05, 0) is 35.6 Å². The van der Waals surface area contributed by atoms with Crippen molar-refractivity contribution in [2.75, 3.05) is 6.61 Å². The van der Waals surface area contributed by atoms with Gasteiger partial charge in [0, 0.05) is 6.42 Å². The summed E-state index contributed by atoms with van der Waals surface area (Å²) < 4.78 is 11.5. The number of hydrogen-bond donors (Lipinski definition) is 3. The summed E-state index contributed by atoms with van der Waals surface area (Å²) in [4.78, 5) is 22.5.